The van der Waals surface area contributed by atoms with Crippen molar-refractivity contribution in [2.45, 2.75) is 56.0 Å². The van der Waals surface area contributed by atoms with Gasteiger partial charge in [0.05, 0.1) is 4.90 Å². The summed E-state index contributed by atoms with van der Waals surface area (Å²) in [5.74, 6) is 0. The van der Waals surface area contributed by atoms with Gasteiger partial charge in [-0.1, -0.05) is 18.6 Å². The Kier molecular flexibility index (Phi) is 4.33. The first-order valence-corrected chi connectivity index (χ1v) is 9.35. The Hall–Kier alpha value is -0.910. The van der Waals surface area contributed by atoms with Crippen LogP contribution in [-0.4, -0.2) is 37.9 Å². The highest BCUT2D eigenvalue weighted by molar-refractivity contribution is 7.89. The van der Waals surface area contributed by atoms with E-state index in [0.29, 0.717) is 17.5 Å². The maximum Gasteiger partial charge on any atom is 0.243 e. The summed E-state index contributed by atoms with van der Waals surface area (Å²) in [6.45, 7) is 3.60. The predicted molar refractivity (Wildman–Crippen MR) is 83.7 cm³/mol. The first kappa shape index (κ1) is 15.0. The molecule has 0 radical (unpaired) electrons. The van der Waals surface area contributed by atoms with Crippen LogP contribution in [0.4, 0.5) is 0 Å². The van der Waals surface area contributed by atoms with Crippen molar-refractivity contribution in [3.05, 3.63) is 29.8 Å². The summed E-state index contributed by atoms with van der Waals surface area (Å²) in [6, 6.07) is 7.70. The van der Waals surface area contributed by atoms with Gasteiger partial charge in [0, 0.05) is 18.6 Å². The minimum Gasteiger partial charge on any atom is -0.312 e. The molecular formula is C16H24N2O2S. The monoisotopic (exact) mass is 308 g/mol. The second-order valence-corrected chi connectivity index (χ2v) is 8.09. The summed E-state index contributed by atoms with van der Waals surface area (Å²) in [5.41, 5.74) is 0.989. The molecule has 0 aliphatic carbocycles. The summed E-state index contributed by atoms with van der Waals surface area (Å²) < 4.78 is 27.8. The number of benzene rings is 1. The third kappa shape index (κ3) is 3.00. The molecule has 2 saturated heterocycles. The van der Waals surface area contributed by atoms with Gasteiger partial charge in [0.15, 0.2) is 0 Å². The van der Waals surface area contributed by atoms with Crippen LogP contribution in [0.3, 0.4) is 0 Å². The Morgan fingerprint density at radius 2 is 2.05 bits per heavy atom. The van der Waals surface area contributed by atoms with Gasteiger partial charge in [0.1, 0.15) is 0 Å². The quantitative estimate of drug-likeness (QED) is 0.932. The van der Waals surface area contributed by atoms with E-state index in [1.165, 1.54) is 0 Å². The average molecular weight is 308 g/mol. The SMILES string of the molecule is Cc1cccc(S(=O)(=O)N2CCCCC2C2CCCN2)c1. The van der Waals surface area contributed by atoms with E-state index >= 15 is 0 Å². The van der Waals surface area contributed by atoms with Crippen molar-refractivity contribution in [3.8, 4) is 0 Å². The summed E-state index contributed by atoms with van der Waals surface area (Å²) in [6.07, 6.45) is 5.31. The van der Waals surface area contributed by atoms with Gasteiger partial charge in [-0.25, -0.2) is 8.42 Å². The van der Waals surface area contributed by atoms with Gasteiger partial charge in [-0.05, 0) is 56.8 Å². The highest BCUT2D eigenvalue weighted by Gasteiger charge is 2.38. The zero-order valence-electron chi connectivity index (χ0n) is 12.6. The molecule has 1 aromatic rings. The number of rotatable bonds is 3. The van der Waals surface area contributed by atoms with E-state index in [2.05, 4.69) is 5.32 Å². The maximum atomic E-state index is 13.0. The molecule has 0 spiro atoms. The normalized spacial score (nSPS) is 27.9. The van der Waals surface area contributed by atoms with Gasteiger partial charge >= 0.3 is 0 Å². The molecule has 21 heavy (non-hydrogen) atoms. The van der Waals surface area contributed by atoms with Crippen LogP contribution in [-0.2, 0) is 10.0 Å². The van der Waals surface area contributed by atoms with Crippen molar-refractivity contribution >= 4 is 10.0 Å². The number of hydrogen-bond donors (Lipinski definition) is 1. The lowest BCUT2D eigenvalue weighted by Crippen LogP contribution is -2.52. The van der Waals surface area contributed by atoms with E-state index in [-0.39, 0.29) is 6.04 Å². The van der Waals surface area contributed by atoms with Crippen LogP contribution < -0.4 is 5.32 Å². The van der Waals surface area contributed by atoms with Crippen LogP contribution in [0, 0.1) is 6.92 Å². The minimum atomic E-state index is -3.38. The highest BCUT2D eigenvalue weighted by atomic mass is 32.2. The Balaban J connectivity index is 1.91. The lowest BCUT2D eigenvalue weighted by molar-refractivity contribution is 0.211. The molecule has 0 bridgehead atoms. The van der Waals surface area contributed by atoms with Crippen molar-refractivity contribution in [2.75, 3.05) is 13.1 Å². The Morgan fingerprint density at radius 3 is 2.76 bits per heavy atom. The molecule has 0 saturated carbocycles. The first-order chi connectivity index (χ1) is 10.1. The van der Waals surface area contributed by atoms with Gasteiger partial charge in [0.2, 0.25) is 10.0 Å². The van der Waals surface area contributed by atoms with E-state index in [0.717, 1.165) is 44.2 Å². The summed E-state index contributed by atoms with van der Waals surface area (Å²) >= 11 is 0. The molecule has 0 amide bonds. The molecule has 2 aliphatic rings. The van der Waals surface area contributed by atoms with Gasteiger partial charge in [-0.15, -0.1) is 0 Å². The fourth-order valence-electron chi connectivity index (χ4n) is 3.58. The zero-order chi connectivity index (χ0) is 14.9. The van der Waals surface area contributed by atoms with E-state index in [1.54, 1.807) is 16.4 Å². The molecule has 3 rings (SSSR count). The molecule has 116 valence electrons. The first-order valence-electron chi connectivity index (χ1n) is 7.91. The Morgan fingerprint density at radius 1 is 1.19 bits per heavy atom. The van der Waals surface area contributed by atoms with Crippen molar-refractivity contribution in [1.29, 1.82) is 0 Å². The average Bonchev–Trinajstić information content (AvgIpc) is 3.01. The fraction of sp³-hybridized carbons (Fsp3) is 0.625. The number of nitrogens with one attached hydrogen (secondary N) is 1. The molecule has 5 heteroatoms. The van der Waals surface area contributed by atoms with Crippen molar-refractivity contribution in [2.24, 2.45) is 0 Å². The zero-order valence-corrected chi connectivity index (χ0v) is 13.4. The van der Waals surface area contributed by atoms with Gasteiger partial charge in [-0.3, -0.25) is 0 Å². The van der Waals surface area contributed by atoms with Crippen molar-refractivity contribution < 1.29 is 8.42 Å². The van der Waals surface area contributed by atoms with Gasteiger partial charge < -0.3 is 5.32 Å². The van der Waals surface area contributed by atoms with Crippen LogP contribution in [0.1, 0.15) is 37.7 Å². The molecular weight excluding hydrogens is 284 g/mol. The third-order valence-electron chi connectivity index (χ3n) is 4.66. The molecule has 1 N–H and O–H groups in total. The minimum absolute atomic E-state index is 0.117. The number of hydrogen-bond acceptors (Lipinski definition) is 3. The predicted octanol–water partition coefficient (Wildman–Crippen LogP) is 2.29. The third-order valence-corrected chi connectivity index (χ3v) is 6.58. The fourth-order valence-corrected chi connectivity index (χ4v) is 5.42. The molecule has 4 nitrogen and oxygen atoms in total. The Bertz CT molecular complexity index is 594. The summed E-state index contributed by atoms with van der Waals surface area (Å²) in [4.78, 5) is 0.437. The second-order valence-electron chi connectivity index (χ2n) is 6.20. The Labute approximate surface area is 127 Å². The van der Waals surface area contributed by atoms with Crippen molar-refractivity contribution in [1.82, 2.24) is 9.62 Å². The molecule has 0 aromatic heterocycles. The van der Waals surface area contributed by atoms with Crippen LogP contribution in [0.5, 0.6) is 0 Å². The lowest BCUT2D eigenvalue weighted by Gasteiger charge is -2.38. The topological polar surface area (TPSA) is 49.4 Å². The number of nitrogens with zero attached hydrogens (tertiary/aromatic N) is 1. The molecule has 2 atom stereocenters. The molecule has 2 fully saturated rings. The smallest absolute Gasteiger partial charge is 0.243 e. The molecule has 2 aliphatic heterocycles. The molecule has 2 unspecified atom stereocenters. The standard InChI is InChI=1S/C16H24N2O2S/c1-13-6-4-7-14(12-13)21(19,20)18-11-3-2-9-16(18)15-8-5-10-17-15/h4,6-7,12,15-17H,2-3,5,8-11H2,1H3. The van der Waals surface area contributed by atoms with Crippen molar-refractivity contribution in [3.63, 3.8) is 0 Å². The maximum absolute atomic E-state index is 13.0. The van der Waals surface area contributed by atoms with Gasteiger partial charge in [0.25, 0.3) is 0 Å². The summed E-state index contributed by atoms with van der Waals surface area (Å²) in [7, 11) is -3.38. The summed E-state index contributed by atoms with van der Waals surface area (Å²) in [5, 5.41) is 3.49. The molecule has 1 aromatic carbocycles. The van der Waals surface area contributed by atoms with Crippen LogP contribution in [0.25, 0.3) is 0 Å². The van der Waals surface area contributed by atoms with Gasteiger partial charge in [-0.2, -0.15) is 4.31 Å². The van der Waals surface area contributed by atoms with Crippen LogP contribution in [0.2, 0.25) is 0 Å². The van der Waals surface area contributed by atoms with E-state index in [4.69, 9.17) is 0 Å². The number of aryl methyl sites for hydroxylation is 1. The number of piperidine rings is 1. The van der Waals surface area contributed by atoms with E-state index in [9.17, 15) is 8.42 Å². The highest BCUT2D eigenvalue weighted by Crippen LogP contribution is 2.29. The largest absolute Gasteiger partial charge is 0.312 e. The van der Waals surface area contributed by atoms with E-state index in [1.807, 2.05) is 19.1 Å². The van der Waals surface area contributed by atoms with E-state index < -0.39 is 10.0 Å². The lowest BCUT2D eigenvalue weighted by atomic mass is 9.97. The second kappa shape index (κ2) is 6.07. The molecule has 2 heterocycles. The number of sulfonamides is 1. The van der Waals surface area contributed by atoms with Crippen LogP contribution in [0.15, 0.2) is 29.2 Å². The van der Waals surface area contributed by atoms with Crippen LogP contribution >= 0.6 is 0 Å².